The molecule has 0 aliphatic carbocycles. The summed E-state index contributed by atoms with van der Waals surface area (Å²) in [7, 11) is 0. The third-order valence-electron chi connectivity index (χ3n) is 4.86. The zero-order chi connectivity index (χ0) is 19.8. The van der Waals surface area contributed by atoms with Crippen LogP contribution in [0.4, 0.5) is 4.79 Å². The number of hydrogen-bond acceptors (Lipinski definition) is 3. The molecule has 3 amide bonds. The van der Waals surface area contributed by atoms with E-state index in [0.717, 1.165) is 25.1 Å². The van der Waals surface area contributed by atoms with Crippen LogP contribution in [0.25, 0.3) is 0 Å². The molecule has 1 unspecified atom stereocenters. The molecule has 0 aromatic heterocycles. The first-order chi connectivity index (χ1) is 12.9. The SMILES string of the molecule is CCNC(=O)CN1CCN(C(=O)NC(C)c2ccc(CC(C)C)cc2)CC1. The van der Waals surface area contributed by atoms with Crippen molar-refractivity contribution in [3.8, 4) is 0 Å². The highest BCUT2D eigenvalue weighted by molar-refractivity contribution is 5.78. The van der Waals surface area contributed by atoms with Gasteiger partial charge >= 0.3 is 6.03 Å². The van der Waals surface area contributed by atoms with Crippen molar-refractivity contribution in [1.82, 2.24) is 20.4 Å². The molecule has 0 radical (unpaired) electrons. The van der Waals surface area contributed by atoms with Crippen LogP contribution >= 0.6 is 0 Å². The molecule has 1 aliphatic rings. The number of nitrogens with zero attached hydrogens (tertiary/aromatic N) is 2. The number of carbonyl (C=O) groups excluding carboxylic acids is 2. The Morgan fingerprint density at radius 3 is 2.22 bits per heavy atom. The molecule has 1 aromatic rings. The standard InChI is InChI=1S/C21H34N4O2/c1-5-22-20(26)15-24-10-12-25(13-11-24)21(27)23-17(4)19-8-6-18(7-9-19)14-16(2)3/h6-9,16-17H,5,10-15H2,1-4H3,(H,22,26)(H,23,27). The number of carbonyl (C=O) groups is 2. The minimum atomic E-state index is -0.0357. The van der Waals surface area contributed by atoms with Crippen LogP contribution in [0.5, 0.6) is 0 Å². The number of urea groups is 1. The summed E-state index contributed by atoms with van der Waals surface area (Å²) in [4.78, 5) is 28.1. The van der Waals surface area contributed by atoms with Crippen molar-refractivity contribution < 1.29 is 9.59 Å². The van der Waals surface area contributed by atoms with Gasteiger partial charge in [0.1, 0.15) is 0 Å². The number of piperazine rings is 1. The van der Waals surface area contributed by atoms with E-state index in [9.17, 15) is 9.59 Å². The Bertz CT molecular complexity index is 607. The fraction of sp³-hybridized carbons (Fsp3) is 0.619. The Hall–Kier alpha value is -2.08. The number of rotatable bonds is 7. The molecular weight excluding hydrogens is 340 g/mol. The van der Waals surface area contributed by atoms with Crippen molar-refractivity contribution in [3.63, 3.8) is 0 Å². The predicted molar refractivity (Wildman–Crippen MR) is 109 cm³/mol. The zero-order valence-corrected chi connectivity index (χ0v) is 17.1. The van der Waals surface area contributed by atoms with Gasteiger partial charge in [-0.2, -0.15) is 0 Å². The lowest BCUT2D eigenvalue weighted by Gasteiger charge is -2.34. The van der Waals surface area contributed by atoms with E-state index in [4.69, 9.17) is 0 Å². The summed E-state index contributed by atoms with van der Waals surface area (Å²) in [5.74, 6) is 0.685. The molecular formula is C21H34N4O2. The van der Waals surface area contributed by atoms with Gasteiger partial charge in [-0.1, -0.05) is 38.1 Å². The molecule has 0 spiro atoms. The van der Waals surface area contributed by atoms with Crippen LogP contribution in [0.2, 0.25) is 0 Å². The Morgan fingerprint density at radius 2 is 1.67 bits per heavy atom. The molecule has 1 saturated heterocycles. The Balaban J connectivity index is 1.79. The van der Waals surface area contributed by atoms with Crippen molar-refractivity contribution >= 4 is 11.9 Å². The summed E-state index contributed by atoms with van der Waals surface area (Å²) in [6.07, 6.45) is 1.07. The molecule has 150 valence electrons. The maximum absolute atomic E-state index is 12.5. The van der Waals surface area contributed by atoms with Crippen molar-refractivity contribution in [3.05, 3.63) is 35.4 Å². The maximum atomic E-state index is 12.5. The molecule has 1 heterocycles. The molecule has 1 fully saturated rings. The quantitative estimate of drug-likeness (QED) is 0.770. The van der Waals surface area contributed by atoms with Crippen molar-refractivity contribution in [1.29, 1.82) is 0 Å². The van der Waals surface area contributed by atoms with Gasteiger partial charge in [0.05, 0.1) is 12.6 Å². The number of amides is 3. The van der Waals surface area contributed by atoms with Gasteiger partial charge in [-0.15, -0.1) is 0 Å². The second kappa shape index (κ2) is 10.3. The first-order valence-electron chi connectivity index (χ1n) is 10.0. The Kier molecular flexibility index (Phi) is 8.10. The zero-order valence-electron chi connectivity index (χ0n) is 17.1. The summed E-state index contributed by atoms with van der Waals surface area (Å²) in [6, 6.07) is 8.45. The average molecular weight is 375 g/mol. The second-order valence-electron chi connectivity index (χ2n) is 7.73. The van der Waals surface area contributed by atoms with Crippen LogP contribution in [0, 0.1) is 5.92 Å². The molecule has 2 rings (SSSR count). The van der Waals surface area contributed by atoms with Gasteiger partial charge in [-0.3, -0.25) is 9.69 Å². The highest BCUT2D eigenvalue weighted by Gasteiger charge is 2.23. The molecule has 1 atom stereocenters. The van der Waals surface area contributed by atoms with E-state index < -0.39 is 0 Å². The summed E-state index contributed by atoms with van der Waals surface area (Å²) in [6.45, 7) is 12.2. The first kappa shape index (κ1) is 21.2. The molecule has 27 heavy (non-hydrogen) atoms. The van der Waals surface area contributed by atoms with Crippen molar-refractivity contribution in [2.45, 2.75) is 40.2 Å². The minimum absolute atomic E-state index is 0.0287. The Labute approximate surface area is 163 Å². The van der Waals surface area contributed by atoms with E-state index in [2.05, 4.69) is 53.6 Å². The minimum Gasteiger partial charge on any atom is -0.355 e. The summed E-state index contributed by atoms with van der Waals surface area (Å²) in [5.41, 5.74) is 2.45. The van der Waals surface area contributed by atoms with Gasteiger partial charge in [0.15, 0.2) is 0 Å². The third-order valence-corrected chi connectivity index (χ3v) is 4.86. The summed E-state index contributed by atoms with van der Waals surface area (Å²) < 4.78 is 0. The van der Waals surface area contributed by atoms with E-state index in [1.54, 1.807) is 0 Å². The van der Waals surface area contributed by atoms with Gasteiger partial charge in [0.25, 0.3) is 0 Å². The number of hydrogen-bond donors (Lipinski definition) is 2. The highest BCUT2D eigenvalue weighted by Crippen LogP contribution is 2.16. The lowest BCUT2D eigenvalue weighted by Crippen LogP contribution is -2.53. The van der Waals surface area contributed by atoms with E-state index in [0.29, 0.717) is 32.1 Å². The summed E-state index contributed by atoms with van der Waals surface area (Å²) in [5, 5.41) is 5.90. The van der Waals surface area contributed by atoms with Gasteiger partial charge in [0.2, 0.25) is 5.91 Å². The van der Waals surface area contributed by atoms with Crippen LogP contribution in [-0.4, -0.2) is 61.0 Å². The van der Waals surface area contributed by atoms with Gasteiger partial charge in [-0.05, 0) is 37.3 Å². The first-order valence-corrected chi connectivity index (χ1v) is 10.0. The van der Waals surface area contributed by atoms with E-state index in [-0.39, 0.29) is 18.0 Å². The molecule has 1 aromatic carbocycles. The van der Waals surface area contributed by atoms with Crippen molar-refractivity contribution in [2.24, 2.45) is 5.92 Å². The second-order valence-corrected chi connectivity index (χ2v) is 7.73. The topological polar surface area (TPSA) is 64.7 Å². The van der Waals surface area contributed by atoms with Crippen LogP contribution in [0.1, 0.15) is 44.9 Å². The molecule has 1 aliphatic heterocycles. The fourth-order valence-corrected chi connectivity index (χ4v) is 3.34. The number of likely N-dealkylation sites (N-methyl/N-ethyl adjacent to an activating group) is 1. The van der Waals surface area contributed by atoms with Gasteiger partial charge in [0, 0.05) is 32.7 Å². The maximum Gasteiger partial charge on any atom is 0.317 e. The fourth-order valence-electron chi connectivity index (χ4n) is 3.34. The van der Waals surface area contributed by atoms with Crippen molar-refractivity contribution in [2.75, 3.05) is 39.3 Å². The largest absolute Gasteiger partial charge is 0.355 e. The molecule has 6 heteroatoms. The van der Waals surface area contributed by atoms with E-state index in [1.165, 1.54) is 5.56 Å². The smallest absolute Gasteiger partial charge is 0.317 e. The van der Waals surface area contributed by atoms with Crippen LogP contribution in [-0.2, 0) is 11.2 Å². The Morgan fingerprint density at radius 1 is 1.04 bits per heavy atom. The van der Waals surface area contributed by atoms with Gasteiger partial charge in [-0.25, -0.2) is 4.79 Å². The number of benzene rings is 1. The van der Waals surface area contributed by atoms with Crippen LogP contribution < -0.4 is 10.6 Å². The van der Waals surface area contributed by atoms with Crippen LogP contribution in [0.3, 0.4) is 0 Å². The van der Waals surface area contributed by atoms with E-state index in [1.807, 2.05) is 18.7 Å². The molecule has 0 bridgehead atoms. The number of nitrogens with one attached hydrogen (secondary N) is 2. The lowest BCUT2D eigenvalue weighted by atomic mass is 10.00. The normalized spacial score (nSPS) is 16.3. The van der Waals surface area contributed by atoms with E-state index >= 15 is 0 Å². The predicted octanol–water partition coefficient (Wildman–Crippen LogP) is 2.41. The monoisotopic (exact) mass is 374 g/mol. The highest BCUT2D eigenvalue weighted by atomic mass is 16.2. The molecule has 6 nitrogen and oxygen atoms in total. The van der Waals surface area contributed by atoms with Crippen LogP contribution in [0.15, 0.2) is 24.3 Å². The average Bonchev–Trinajstić information content (AvgIpc) is 2.62. The summed E-state index contributed by atoms with van der Waals surface area (Å²) >= 11 is 0. The molecule has 0 saturated carbocycles. The lowest BCUT2D eigenvalue weighted by molar-refractivity contribution is -0.122. The molecule has 2 N–H and O–H groups in total. The van der Waals surface area contributed by atoms with Gasteiger partial charge < -0.3 is 15.5 Å². The third kappa shape index (κ3) is 6.86.